The van der Waals surface area contributed by atoms with E-state index in [2.05, 4.69) is 10.6 Å². The molecule has 2 aromatic rings. The van der Waals surface area contributed by atoms with E-state index in [1.807, 2.05) is 0 Å². The molecule has 142 valence electrons. The minimum Gasteiger partial charge on any atom is -0.497 e. The van der Waals surface area contributed by atoms with E-state index in [-0.39, 0.29) is 17.5 Å². The molecule has 0 aliphatic heterocycles. The van der Waals surface area contributed by atoms with Crippen LogP contribution < -0.4 is 15.4 Å². The SMILES string of the molecule is COc1cccc(NC(=O)C2CC2C(=O)Nc2ccc(C(F)(F)F)cc2)c1. The van der Waals surface area contributed by atoms with E-state index in [0.717, 1.165) is 12.1 Å². The van der Waals surface area contributed by atoms with Gasteiger partial charge in [0.1, 0.15) is 5.75 Å². The molecule has 1 aliphatic rings. The highest BCUT2D eigenvalue weighted by Crippen LogP contribution is 2.40. The summed E-state index contributed by atoms with van der Waals surface area (Å²) in [5, 5.41) is 5.27. The Balaban J connectivity index is 1.54. The van der Waals surface area contributed by atoms with Crippen LogP contribution in [0.2, 0.25) is 0 Å². The number of halogens is 3. The number of carbonyl (C=O) groups is 2. The maximum atomic E-state index is 12.5. The second-order valence-electron chi connectivity index (χ2n) is 6.23. The molecule has 0 radical (unpaired) electrons. The van der Waals surface area contributed by atoms with Crippen LogP contribution in [0.3, 0.4) is 0 Å². The van der Waals surface area contributed by atoms with Crippen molar-refractivity contribution in [1.29, 1.82) is 0 Å². The average Bonchev–Trinajstić information content (AvgIpc) is 3.42. The lowest BCUT2D eigenvalue weighted by atomic mass is 10.2. The Morgan fingerprint density at radius 3 is 2.11 bits per heavy atom. The highest BCUT2D eigenvalue weighted by atomic mass is 19.4. The van der Waals surface area contributed by atoms with Crippen LogP contribution in [-0.4, -0.2) is 18.9 Å². The van der Waals surface area contributed by atoms with E-state index in [0.29, 0.717) is 17.9 Å². The molecule has 2 atom stereocenters. The molecule has 3 rings (SSSR count). The number of ether oxygens (including phenoxy) is 1. The van der Waals surface area contributed by atoms with E-state index in [9.17, 15) is 22.8 Å². The van der Waals surface area contributed by atoms with Crippen molar-refractivity contribution in [2.75, 3.05) is 17.7 Å². The van der Waals surface area contributed by atoms with Crippen LogP contribution in [-0.2, 0) is 15.8 Å². The molecule has 2 amide bonds. The average molecular weight is 378 g/mol. The number of hydrogen-bond donors (Lipinski definition) is 2. The number of methoxy groups -OCH3 is 1. The third kappa shape index (κ3) is 4.58. The van der Waals surface area contributed by atoms with Crippen LogP contribution >= 0.6 is 0 Å². The molecule has 1 fully saturated rings. The van der Waals surface area contributed by atoms with Crippen molar-refractivity contribution < 1.29 is 27.5 Å². The maximum absolute atomic E-state index is 12.5. The first kappa shape index (κ1) is 18.8. The predicted molar refractivity (Wildman–Crippen MR) is 93.3 cm³/mol. The van der Waals surface area contributed by atoms with Crippen molar-refractivity contribution in [2.24, 2.45) is 11.8 Å². The Hall–Kier alpha value is -3.03. The van der Waals surface area contributed by atoms with Crippen LogP contribution in [0.15, 0.2) is 48.5 Å². The molecule has 0 saturated heterocycles. The number of rotatable bonds is 5. The number of anilines is 2. The van der Waals surface area contributed by atoms with Gasteiger partial charge in [-0.15, -0.1) is 0 Å². The summed E-state index contributed by atoms with van der Waals surface area (Å²) >= 11 is 0. The summed E-state index contributed by atoms with van der Waals surface area (Å²) in [4.78, 5) is 24.4. The van der Waals surface area contributed by atoms with Gasteiger partial charge in [-0.2, -0.15) is 13.2 Å². The molecule has 0 bridgehead atoms. The van der Waals surface area contributed by atoms with Crippen LogP contribution in [0.1, 0.15) is 12.0 Å². The van der Waals surface area contributed by atoms with Crippen molar-refractivity contribution in [1.82, 2.24) is 0 Å². The Labute approximate surface area is 153 Å². The van der Waals surface area contributed by atoms with Gasteiger partial charge in [0.05, 0.1) is 24.5 Å². The van der Waals surface area contributed by atoms with Gasteiger partial charge >= 0.3 is 6.18 Å². The number of hydrogen-bond acceptors (Lipinski definition) is 3. The van der Waals surface area contributed by atoms with Crippen LogP contribution in [0, 0.1) is 11.8 Å². The molecule has 8 heteroatoms. The predicted octanol–water partition coefficient (Wildman–Crippen LogP) is 3.93. The third-order valence-electron chi connectivity index (χ3n) is 4.28. The Morgan fingerprint density at radius 1 is 0.963 bits per heavy atom. The fraction of sp³-hybridized carbons (Fsp3) is 0.263. The summed E-state index contributed by atoms with van der Waals surface area (Å²) in [6.45, 7) is 0. The number of carbonyl (C=O) groups excluding carboxylic acids is 2. The van der Waals surface area contributed by atoms with E-state index in [4.69, 9.17) is 4.74 Å². The smallest absolute Gasteiger partial charge is 0.416 e. The van der Waals surface area contributed by atoms with Crippen LogP contribution in [0.25, 0.3) is 0 Å². The first-order valence-electron chi connectivity index (χ1n) is 8.21. The molecule has 0 aromatic heterocycles. The van der Waals surface area contributed by atoms with Crippen molar-refractivity contribution in [3.63, 3.8) is 0 Å². The third-order valence-corrected chi connectivity index (χ3v) is 4.28. The zero-order valence-corrected chi connectivity index (χ0v) is 14.3. The normalized spacial score (nSPS) is 18.5. The van der Waals surface area contributed by atoms with Gasteiger partial charge in [0, 0.05) is 17.4 Å². The molecule has 0 spiro atoms. The maximum Gasteiger partial charge on any atom is 0.416 e. The summed E-state index contributed by atoms with van der Waals surface area (Å²) in [5.41, 5.74) is 0.0301. The van der Waals surface area contributed by atoms with Crippen LogP contribution in [0.5, 0.6) is 5.75 Å². The Morgan fingerprint density at radius 2 is 1.56 bits per heavy atom. The van der Waals surface area contributed by atoms with Crippen molar-refractivity contribution in [3.8, 4) is 5.75 Å². The molecule has 2 N–H and O–H groups in total. The van der Waals surface area contributed by atoms with Gasteiger partial charge in [-0.1, -0.05) is 6.07 Å². The van der Waals surface area contributed by atoms with E-state index < -0.39 is 23.6 Å². The minimum atomic E-state index is -4.43. The molecule has 27 heavy (non-hydrogen) atoms. The lowest BCUT2D eigenvalue weighted by Crippen LogP contribution is -2.20. The van der Waals surface area contributed by atoms with Gasteiger partial charge in [0.15, 0.2) is 0 Å². The number of benzene rings is 2. The first-order chi connectivity index (χ1) is 12.8. The van der Waals surface area contributed by atoms with Gasteiger partial charge in [0.2, 0.25) is 11.8 Å². The molecule has 1 saturated carbocycles. The Bertz CT molecular complexity index is 850. The molecular weight excluding hydrogens is 361 g/mol. The van der Waals surface area contributed by atoms with Crippen molar-refractivity contribution in [3.05, 3.63) is 54.1 Å². The fourth-order valence-electron chi connectivity index (χ4n) is 2.69. The zero-order chi connectivity index (χ0) is 19.6. The monoisotopic (exact) mass is 378 g/mol. The van der Waals surface area contributed by atoms with Crippen molar-refractivity contribution in [2.45, 2.75) is 12.6 Å². The van der Waals surface area contributed by atoms with Gasteiger partial charge in [-0.05, 0) is 42.8 Å². The number of nitrogens with one attached hydrogen (secondary N) is 2. The molecular formula is C19H17F3N2O3. The van der Waals surface area contributed by atoms with E-state index >= 15 is 0 Å². The second kappa shape index (κ2) is 7.30. The zero-order valence-electron chi connectivity index (χ0n) is 14.3. The van der Waals surface area contributed by atoms with Gasteiger partial charge in [0.25, 0.3) is 0 Å². The van der Waals surface area contributed by atoms with E-state index in [1.54, 1.807) is 24.3 Å². The highest BCUT2D eigenvalue weighted by molar-refractivity contribution is 6.03. The highest BCUT2D eigenvalue weighted by Gasteiger charge is 2.48. The molecule has 0 heterocycles. The molecule has 2 aromatic carbocycles. The van der Waals surface area contributed by atoms with Gasteiger partial charge < -0.3 is 15.4 Å². The first-order valence-corrected chi connectivity index (χ1v) is 8.21. The fourth-order valence-corrected chi connectivity index (χ4v) is 2.69. The number of amides is 2. The summed E-state index contributed by atoms with van der Waals surface area (Å²) in [6.07, 6.45) is -4.04. The summed E-state index contributed by atoms with van der Waals surface area (Å²) in [6, 6.07) is 11.0. The van der Waals surface area contributed by atoms with Crippen LogP contribution in [0.4, 0.5) is 24.5 Å². The second-order valence-corrected chi connectivity index (χ2v) is 6.23. The topological polar surface area (TPSA) is 67.4 Å². The van der Waals surface area contributed by atoms with Gasteiger partial charge in [-0.25, -0.2) is 0 Å². The molecule has 2 unspecified atom stereocenters. The summed E-state index contributed by atoms with van der Waals surface area (Å²) in [7, 11) is 1.52. The lowest BCUT2D eigenvalue weighted by molar-refractivity contribution is -0.137. The molecule has 1 aliphatic carbocycles. The van der Waals surface area contributed by atoms with Crippen molar-refractivity contribution >= 4 is 23.2 Å². The largest absolute Gasteiger partial charge is 0.497 e. The lowest BCUT2D eigenvalue weighted by Gasteiger charge is -2.09. The van der Waals surface area contributed by atoms with Gasteiger partial charge in [-0.3, -0.25) is 9.59 Å². The Kier molecular flexibility index (Phi) is 5.07. The molecule has 5 nitrogen and oxygen atoms in total. The quantitative estimate of drug-likeness (QED) is 0.829. The summed E-state index contributed by atoms with van der Waals surface area (Å²) < 4.78 is 42.7. The number of alkyl halides is 3. The van der Waals surface area contributed by atoms with E-state index in [1.165, 1.54) is 19.2 Å². The standard InChI is InChI=1S/C19H17F3N2O3/c1-27-14-4-2-3-13(9-14)24-18(26)16-10-15(16)17(25)23-12-7-5-11(6-8-12)19(20,21)22/h2-9,15-16H,10H2,1H3,(H,23,25)(H,24,26). The summed E-state index contributed by atoms with van der Waals surface area (Å²) in [5.74, 6) is -1.04. The minimum absolute atomic E-state index is 0.256.